The number of hydrogen-bond donors (Lipinski definition) is 1. The molecule has 2 heterocycles. The maximum Gasteiger partial charge on any atom is 0.414 e. The highest BCUT2D eigenvalue weighted by Crippen LogP contribution is 2.30. The van der Waals surface area contributed by atoms with E-state index in [9.17, 15) is 9.59 Å². The lowest BCUT2D eigenvalue weighted by Crippen LogP contribution is -2.33. The number of hydrogen-bond acceptors (Lipinski definition) is 8. The van der Waals surface area contributed by atoms with E-state index in [-0.39, 0.29) is 19.0 Å². The van der Waals surface area contributed by atoms with Crippen LogP contribution in [-0.2, 0) is 21.8 Å². The molecular formula is C24H28FN7O3S. The molecule has 1 aliphatic rings. The third-order valence-corrected chi connectivity index (χ3v) is 6.64. The van der Waals surface area contributed by atoms with Gasteiger partial charge in [-0.1, -0.05) is 36.0 Å². The first-order valence-corrected chi connectivity index (χ1v) is 12.4. The van der Waals surface area contributed by atoms with Crippen LogP contribution < -0.4 is 10.2 Å². The first-order valence-electron chi connectivity index (χ1n) is 11.5. The number of anilines is 1. The lowest BCUT2D eigenvalue weighted by Gasteiger charge is -2.14. The monoisotopic (exact) mass is 513 g/mol. The van der Waals surface area contributed by atoms with Crippen LogP contribution in [0.2, 0.25) is 0 Å². The molecule has 1 aliphatic heterocycles. The topological polar surface area (TPSA) is 105 Å². The van der Waals surface area contributed by atoms with Crippen molar-refractivity contribution in [3.63, 3.8) is 0 Å². The number of halogens is 1. The van der Waals surface area contributed by atoms with E-state index in [1.54, 1.807) is 28.6 Å². The van der Waals surface area contributed by atoms with Gasteiger partial charge in [0.05, 0.1) is 25.3 Å². The van der Waals surface area contributed by atoms with Gasteiger partial charge < -0.3 is 15.0 Å². The van der Waals surface area contributed by atoms with Gasteiger partial charge in [-0.15, -0.1) is 5.10 Å². The van der Waals surface area contributed by atoms with E-state index in [2.05, 4.69) is 25.7 Å². The predicted molar refractivity (Wildman–Crippen MR) is 134 cm³/mol. The normalized spacial score (nSPS) is 15.4. The minimum Gasteiger partial charge on any atom is -0.442 e. The van der Waals surface area contributed by atoms with Crippen LogP contribution in [0.1, 0.15) is 12.5 Å². The molecule has 2 amide bonds. The molecule has 1 saturated heterocycles. The summed E-state index contributed by atoms with van der Waals surface area (Å²) in [5, 5.41) is 15.3. The van der Waals surface area contributed by atoms with E-state index in [1.807, 2.05) is 38.4 Å². The number of thioether (sulfide) groups is 1. The van der Waals surface area contributed by atoms with E-state index in [0.717, 1.165) is 22.8 Å². The van der Waals surface area contributed by atoms with Crippen molar-refractivity contribution in [3.05, 3.63) is 53.8 Å². The molecule has 36 heavy (non-hydrogen) atoms. The molecule has 0 radical (unpaired) electrons. The maximum absolute atomic E-state index is 15.0. The molecule has 3 aromatic rings. The zero-order valence-corrected chi connectivity index (χ0v) is 21.2. The fourth-order valence-electron chi connectivity index (χ4n) is 3.67. The van der Waals surface area contributed by atoms with Crippen molar-refractivity contribution < 1.29 is 18.7 Å². The number of carbonyl (C=O) groups is 2. The second-order valence-corrected chi connectivity index (χ2v) is 9.63. The van der Waals surface area contributed by atoms with Crippen LogP contribution in [0.3, 0.4) is 0 Å². The number of carbonyl (C=O) groups excluding carboxylic acids is 2. The molecule has 0 spiro atoms. The molecule has 1 aromatic heterocycles. The number of nitrogens with one attached hydrogen (secondary N) is 1. The summed E-state index contributed by atoms with van der Waals surface area (Å²) in [4.78, 5) is 26.8. The molecule has 0 bridgehead atoms. The lowest BCUT2D eigenvalue weighted by atomic mass is 10.0. The van der Waals surface area contributed by atoms with Crippen LogP contribution in [0, 0.1) is 5.82 Å². The van der Waals surface area contributed by atoms with Crippen molar-refractivity contribution in [2.75, 3.05) is 38.6 Å². The average Bonchev–Trinajstić information content (AvgIpc) is 3.46. The van der Waals surface area contributed by atoms with Crippen LogP contribution in [-0.4, -0.2) is 76.9 Å². The number of benzene rings is 2. The Morgan fingerprint density at radius 1 is 1.25 bits per heavy atom. The third-order valence-electron chi connectivity index (χ3n) is 5.61. The molecule has 1 fully saturated rings. The van der Waals surface area contributed by atoms with E-state index in [4.69, 9.17) is 4.74 Å². The van der Waals surface area contributed by atoms with Gasteiger partial charge in [0.25, 0.3) is 0 Å². The molecule has 1 N–H and O–H groups in total. The Kier molecular flexibility index (Phi) is 8.16. The Morgan fingerprint density at radius 2 is 2.03 bits per heavy atom. The second-order valence-electron chi connectivity index (χ2n) is 8.69. The molecule has 0 unspecified atom stereocenters. The van der Waals surface area contributed by atoms with Gasteiger partial charge in [-0.2, -0.15) is 0 Å². The molecule has 12 heteroatoms. The zero-order chi connectivity index (χ0) is 25.7. The number of cyclic esters (lactones) is 1. The quantitative estimate of drug-likeness (QED) is 0.413. The number of amides is 2. The summed E-state index contributed by atoms with van der Waals surface area (Å²) in [6.45, 7) is 3.40. The Bertz CT molecular complexity index is 1220. The smallest absolute Gasteiger partial charge is 0.414 e. The van der Waals surface area contributed by atoms with Gasteiger partial charge in [0.15, 0.2) is 0 Å². The van der Waals surface area contributed by atoms with Crippen molar-refractivity contribution in [1.29, 1.82) is 0 Å². The van der Waals surface area contributed by atoms with Crippen molar-refractivity contribution in [3.8, 4) is 11.1 Å². The summed E-state index contributed by atoms with van der Waals surface area (Å²) in [5.74, 6) is 0.0402. The zero-order valence-electron chi connectivity index (χ0n) is 20.3. The molecular weight excluding hydrogens is 485 g/mol. The van der Waals surface area contributed by atoms with Crippen LogP contribution in [0.5, 0.6) is 0 Å². The molecule has 10 nitrogen and oxygen atoms in total. The summed E-state index contributed by atoms with van der Waals surface area (Å²) in [6.07, 6.45) is -1.04. The molecule has 1 atom stereocenters. The average molecular weight is 514 g/mol. The van der Waals surface area contributed by atoms with Crippen molar-refractivity contribution in [2.24, 2.45) is 0 Å². The molecule has 0 aliphatic carbocycles. The number of nitrogens with zero attached hydrogens (tertiary/aromatic N) is 6. The summed E-state index contributed by atoms with van der Waals surface area (Å²) < 4.78 is 22.1. The number of rotatable bonds is 10. The largest absolute Gasteiger partial charge is 0.442 e. The summed E-state index contributed by atoms with van der Waals surface area (Å²) in [7, 11) is 4.00. The fourth-order valence-corrected chi connectivity index (χ4v) is 4.52. The molecule has 4 rings (SSSR count). The Hall–Kier alpha value is -3.51. The first kappa shape index (κ1) is 25.6. The highest BCUT2D eigenvalue weighted by atomic mass is 32.2. The number of aromatic nitrogens is 4. The number of likely N-dealkylation sites (N-methyl/N-ethyl adjacent to an activating group) is 1. The van der Waals surface area contributed by atoms with Crippen molar-refractivity contribution >= 4 is 29.4 Å². The summed E-state index contributed by atoms with van der Waals surface area (Å²) in [6, 6.07) is 12.3. The van der Waals surface area contributed by atoms with Gasteiger partial charge in [0.1, 0.15) is 11.9 Å². The Labute approximate surface area is 212 Å². The van der Waals surface area contributed by atoms with E-state index < -0.39 is 18.0 Å². The highest BCUT2D eigenvalue weighted by molar-refractivity contribution is 7.98. The van der Waals surface area contributed by atoms with Crippen LogP contribution in [0.25, 0.3) is 11.1 Å². The minimum absolute atomic E-state index is 0.204. The summed E-state index contributed by atoms with van der Waals surface area (Å²) in [5.41, 5.74) is 2.64. The van der Waals surface area contributed by atoms with Gasteiger partial charge in [0, 0.05) is 24.8 Å². The maximum atomic E-state index is 15.0. The SMILES string of the molecule is CC(=O)NC[C@H]1CN(c2ccc(-c3ccc(CSc4nnnn4CCN(C)C)cc3)c(F)c2)C(=O)O1. The number of tetrazole rings is 1. The molecule has 0 saturated carbocycles. The van der Waals surface area contributed by atoms with Crippen molar-refractivity contribution in [2.45, 2.75) is 30.5 Å². The van der Waals surface area contributed by atoms with Gasteiger partial charge in [-0.3, -0.25) is 9.69 Å². The first-order chi connectivity index (χ1) is 17.3. The van der Waals surface area contributed by atoms with Crippen LogP contribution >= 0.6 is 11.8 Å². The van der Waals surface area contributed by atoms with E-state index >= 15 is 4.39 Å². The fraction of sp³-hybridized carbons (Fsp3) is 0.375. The Balaban J connectivity index is 1.38. The third kappa shape index (κ3) is 6.38. The minimum atomic E-state index is -0.563. The van der Waals surface area contributed by atoms with Crippen LogP contribution in [0.4, 0.5) is 14.9 Å². The molecule has 2 aromatic carbocycles. The Morgan fingerprint density at radius 3 is 2.72 bits per heavy atom. The van der Waals surface area contributed by atoms with Gasteiger partial charge >= 0.3 is 6.09 Å². The van der Waals surface area contributed by atoms with Crippen LogP contribution in [0.15, 0.2) is 47.6 Å². The van der Waals surface area contributed by atoms with E-state index in [0.29, 0.717) is 23.5 Å². The van der Waals surface area contributed by atoms with E-state index in [1.165, 1.54) is 17.9 Å². The second kappa shape index (κ2) is 11.5. The van der Waals surface area contributed by atoms with Gasteiger partial charge in [-0.05, 0) is 53.8 Å². The highest BCUT2D eigenvalue weighted by Gasteiger charge is 2.32. The number of ether oxygens (including phenoxy) is 1. The summed E-state index contributed by atoms with van der Waals surface area (Å²) >= 11 is 1.55. The van der Waals surface area contributed by atoms with Crippen molar-refractivity contribution in [1.82, 2.24) is 30.4 Å². The van der Waals surface area contributed by atoms with Gasteiger partial charge in [-0.25, -0.2) is 13.9 Å². The predicted octanol–water partition coefficient (Wildman–Crippen LogP) is 2.79. The lowest BCUT2D eigenvalue weighted by molar-refractivity contribution is -0.119. The standard InChI is InChI=1S/C24H28FN7O3S/c1-16(33)26-13-20-14-31(24(34)35-20)19-8-9-21(22(25)12-19)18-6-4-17(5-7-18)15-36-23-27-28-29-32(23)11-10-30(2)3/h4-9,12,20H,10-11,13-15H2,1-3H3,(H,26,33)/t20-/m0/s1. The van der Waals surface area contributed by atoms with Gasteiger partial charge in [0.2, 0.25) is 11.1 Å². The molecule has 190 valence electrons.